The van der Waals surface area contributed by atoms with Crippen LogP contribution in [0.5, 0.6) is 0 Å². The molecule has 0 aliphatic rings. The molecule has 16 nitrogen and oxygen atoms in total. The lowest BCUT2D eigenvalue weighted by molar-refractivity contribution is -0.151. The van der Waals surface area contributed by atoms with Crippen molar-refractivity contribution in [2.24, 2.45) is 17.8 Å². The van der Waals surface area contributed by atoms with Crippen LogP contribution in [0.1, 0.15) is 125 Å². The molecule has 1 aromatic rings. The molecule has 16 heteroatoms. The van der Waals surface area contributed by atoms with Crippen LogP contribution in [-0.2, 0) is 49.5 Å². The summed E-state index contributed by atoms with van der Waals surface area (Å²) in [6.07, 6.45) is 3.16. The van der Waals surface area contributed by atoms with Crippen molar-refractivity contribution in [2.45, 2.75) is 162 Å². The highest BCUT2D eigenvalue weighted by Gasteiger charge is 2.37. The first-order chi connectivity index (χ1) is 27.7. The Morgan fingerprint density at radius 1 is 0.712 bits per heavy atom. The van der Waals surface area contributed by atoms with E-state index in [1.54, 1.807) is 48.5 Å². The van der Waals surface area contributed by atoms with Crippen LogP contribution in [0.4, 0.5) is 0 Å². The van der Waals surface area contributed by atoms with Gasteiger partial charge in [-0.1, -0.05) is 104 Å². The number of carboxylic acid groups (broad SMARTS) is 2. The van der Waals surface area contributed by atoms with Crippen LogP contribution in [0.2, 0.25) is 0 Å². The van der Waals surface area contributed by atoms with E-state index < -0.39 is 96.6 Å². The molecule has 0 aliphatic heterocycles. The zero-order chi connectivity index (χ0) is 44.8. The summed E-state index contributed by atoms with van der Waals surface area (Å²) in [6, 6.07) is 2.34. The van der Waals surface area contributed by atoms with E-state index in [1.165, 1.54) is 11.9 Å². The summed E-state index contributed by atoms with van der Waals surface area (Å²) in [5, 5.41) is 29.1. The van der Waals surface area contributed by atoms with Gasteiger partial charge in [0.25, 0.3) is 0 Å². The highest BCUT2D eigenvalue weighted by molar-refractivity contribution is 5.98. The number of hydrogen-bond donors (Lipinski definition) is 6. The molecule has 2 unspecified atom stereocenters. The Hall–Kier alpha value is -5.02. The zero-order valence-electron chi connectivity index (χ0n) is 36.4. The lowest BCUT2D eigenvalue weighted by Crippen LogP contribution is -2.61. The molecule has 1 rings (SSSR count). The number of carbonyl (C=O) groups is 8. The smallest absolute Gasteiger partial charge is 0.326 e. The van der Waals surface area contributed by atoms with Crippen molar-refractivity contribution >= 4 is 47.4 Å². The van der Waals surface area contributed by atoms with Gasteiger partial charge in [-0.05, 0) is 55.9 Å². The van der Waals surface area contributed by atoms with E-state index in [0.29, 0.717) is 19.3 Å². The van der Waals surface area contributed by atoms with E-state index in [1.807, 2.05) is 30.3 Å². The molecule has 0 spiro atoms. The minimum absolute atomic E-state index is 0.0218. The number of hydrogen-bond acceptors (Lipinski definition) is 9. The van der Waals surface area contributed by atoms with Crippen molar-refractivity contribution in [2.75, 3.05) is 7.05 Å². The first-order valence-electron chi connectivity index (χ1n) is 20.9. The summed E-state index contributed by atoms with van der Waals surface area (Å²) in [5.41, 5.74) is 0.961. The molecule has 59 heavy (non-hydrogen) atoms. The van der Waals surface area contributed by atoms with Gasteiger partial charge >= 0.3 is 17.9 Å². The highest BCUT2D eigenvalue weighted by Crippen LogP contribution is 2.17. The van der Waals surface area contributed by atoms with Crippen LogP contribution < -0.4 is 21.3 Å². The molecular formula is C43H69N5O11. The molecule has 0 saturated carbocycles. The Labute approximate surface area is 349 Å². The molecule has 1 aromatic carbocycles. The summed E-state index contributed by atoms with van der Waals surface area (Å²) in [4.78, 5) is 107. The van der Waals surface area contributed by atoms with E-state index in [-0.39, 0.29) is 30.6 Å². The highest BCUT2D eigenvalue weighted by atomic mass is 16.5. The van der Waals surface area contributed by atoms with E-state index in [4.69, 9.17) is 4.74 Å². The maximum Gasteiger partial charge on any atom is 0.326 e. The number of carbonyl (C=O) groups excluding carboxylic acids is 6. The molecule has 0 bridgehead atoms. The maximum absolute atomic E-state index is 14.1. The molecule has 7 atom stereocenters. The van der Waals surface area contributed by atoms with E-state index in [2.05, 4.69) is 28.2 Å². The van der Waals surface area contributed by atoms with E-state index in [9.17, 15) is 48.6 Å². The summed E-state index contributed by atoms with van der Waals surface area (Å²) in [7, 11) is 1.53. The largest absolute Gasteiger partial charge is 0.481 e. The second-order valence-corrected chi connectivity index (χ2v) is 16.2. The number of aliphatic carboxylic acids is 2. The minimum atomic E-state index is -1.78. The summed E-state index contributed by atoms with van der Waals surface area (Å²) in [6.45, 7) is 14.3. The fourth-order valence-electron chi connectivity index (χ4n) is 6.54. The van der Waals surface area contributed by atoms with Gasteiger partial charge in [0.1, 0.15) is 30.2 Å². The quantitative estimate of drug-likeness (QED) is 0.0522. The monoisotopic (exact) mass is 831 g/mol. The van der Waals surface area contributed by atoms with E-state index in [0.717, 1.165) is 31.2 Å². The number of unbranched alkanes of at least 4 members (excludes halogenated alkanes) is 3. The molecule has 0 radical (unpaired) electrons. The van der Waals surface area contributed by atoms with Gasteiger partial charge in [0, 0.05) is 13.5 Å². The van der Waals surface area contributed by atoms with Gasteiger partial charge in [-0.3, -0.25) is 33.6 Å². The second kappa shape index (κ2) is 26.9. The Balaban J connectivity index is 3.42. The third kappa shape index (κ3) is 19.5. The molecule has 0 aromatic heterocycles. The maximum atomic E-state index is 14.1. The molecule has 0 saturated heterocycles. The van der Waals surface area contributed by atoms with Gasteiger partial charge in [-0.25, -0.2) is 4.79 Å². The fraction of sp³-hybridized carbons (Fsp3) is 0.674. The van der Waals surface area contributed by atoms with Crippen molar-refractivity contribution in [3.05, 3.63) is 35.9 Å². The van der Waals surface area contributed by atoms with Crippen molar-refractivity contribution in [3.63, 3.8) is 0 Å². The van der Waals surface area contributed by atoms with Crippen molar-refractivity contribution < 1.29 is 53.3 Å². The second-order valence-electron chi connectivity index (χ2n) is 16.2. The average molecular weight is 832 g/mol. The Kier molecular flexibility index (Phi) is 23.7. The van der Waals surface area contributed by atoms with Gasteiger partial charge in [0.05, 0.1) is 18.9 Å². The molecule has 6 N–H and O–H groups in total. The first-order valence-corrected chi connectivity index (χ1v) is 20.9. The number of ether oxygens (including phenoxy) is 1. The zero-order valence-corrected chi connectivity index (χ0v) is 36.4. The van der Waals surface area contributed by atoms with Crippen molar-refractivity contribution in [1.29, 1.82) is 0 Å². The molecule has 0 fully saturated rings. The number of carboxylic acids is 2. The number of rotatable bonds is 28. The van der Waals surface area contributed by atoms with Gasteiger partial charge in [0.15, 0.2) is 0 Å². The topological polar surface area (TPSA) is 238 Å². The van der Waals surface area contributed by atoms with Crippen LogP contribution in [0.3, 0.4) is 0 Å². The number of nitrogens with one attached hydrogen (secondary N) is 4. The Bertz CT molecular complexity index is 1540. The van der Waals surface area contributed by atoms with Gasteiger partial charge < -0.3 is 41.1 Å². The fourth-order valence-corrected chi connectivity index (χ4v) is 6.54. The number of amides is 5. The molecule has 332 valence electrons. The predicted octanol–water partition coefficient (Wildman–Crippen LogP) is 3.99. The van der Waals surface area contributed by atoms with Crippen molar-refractivity contribution in [3.8, 4) is 0 Å². The predicted molar refractivity (Wildman–Crippen MR) is 222 cm³/mol. The molecule has 0 aliphatic carbocycles. The lowest BCUT2D eigenvalue weighted by Gasteiger charge is -2.33. The normalized spacial score (nSPS) is 14.8. The van der Waals surface area contributed by atoms with Crippen LogP contribution in [0.15, 0.2) is 30.3 Å². The molecule has 5 amide bonds. The minimum Gasteiger partial charge on any atom is -0.481 e. The molecular weight excluding hydrogens is 762 g/mol. The van der Waals surface area contributed by atoms with Gasteiger partial charge in [0.2, 0.25) is 29.5 Å². The number of likely N-dealkylation sites (N-methyl/N-ethyl adjacent to an activating group) is 1. The van der Waals surface area contributed by atoms with Crippen LogP contribution >= 0.6 is 0 Å². The summed E-state index contributed by atoms with van der Waals surface area (Å²) >= 11 is 0. The standard InChI is InChI=1S/C43H69N5O11/c1-10-12-13-15-18-29(8)59-36(52)25-32(40(54)44-31(24-35(50)51)39(53)46-33(43(57)58)23-26(3)4)45-41(55)37(28(7)11-2)47-42(56)38(27(5)6)48(9)34(49)22-21-30-19-16-14-17-20-30/h14,16-17,19-20,26-29,31-33,37-38H,10-13,15,18,21-25H2,1-9H3,(H,44,54)(H,45,55)(H,46,53)(H,47,56)(H,50,51)(H,57,58)/t28-,29-,31?,32?,33-,37-,38-/m0/s1. The van der Waals surface area contributed by atoms with Crippen LogP contribution in [-0.4, -0.2) is 106 Å². The van der Waals surface area contributed by atoms with Crippen molar-refractivity contribution in [1.82, 2.24) is 26.2 Å². The first kappa shape index (κ1) is 52.0. The van der Waals surface area contributed by atoms with Crippen LogP contribution in [0.25, 0.3) is 0 Å². The van der Waals surface area contributed by atoms with Crippen LogP contribution in [0, 0.1) is 17.8 Å². The summed E-state index contributed by atoms with van der Waals surface area (Å²) < 4.78 is 5.56. The average Bonchev–Trinajstić information content (AvgIpc) is 3.16. The number of aryl methyl sites for hydroxylation is 1. The summed E-state index contributed by atoms with van der Waals surface area (Å²) in [5.74, 6) is -8.66. The lowest BCUT2D eigenvalue weighted by atomic mass is 9.95. The number of benzene rings is 1. The Morgan fingerprint density at radius 2 is 1.29 bits per heavy atom. The molecule has 0 heterocycles. The SMILES string of the molecule is CCCCCC[C@H](C)OC(=O)CC(NC(=O)[C@@H](NC(=O)[C@H](C(C)C)N(C)C(=O)CCc1ccccc1)[C@@H](C)CC)C(=O)NC(CC(=O)O)C(=O)N[C@@H](CC(C)C)C(=O)O. The number of esters is 1. The van der Waals surface area contributed by atoms with Gasteiger partial charge in [-0.2, -0.15) is 0 Å². The third-order valence-corrected chi connectivity index (χ3v) is 10.1. The third-order valence-electron chi connectivity index (χ3n) is 10.1. The van der Waals surface area contributed by atoms with Gasteiger partial charge in [-0.15, -0.1) is 0 Å². The Morgan fingerprint density at radius 3 is 1.81 bits per heavy atom. The number of nitrogens with zero attached hydrogens (tertiary/aromatic N) is 1. The van der Waals surface area contributed by atoms with E-state index >= 15 is 0 Å².